The number of rotatable bonds is 6. The molecule has 0 spiro atoms. The number of sulfonamides is 1. The molecule has 0 saturated heterocycles. The second-order valence-corrected chi connectivity index (χ2v) is 8.29. The number of hydrogen-bond donors (Lipinski definition) is 1. The molecule has 5 nitrogen and oxygen atoms in total. The highest BCUT2D eigenvalue weighted by Crippen LogP contribution is 2.22. The van der Waals surface area contributed by atoms with Gasteiger partial charge < -0.3 is 5.32 Å². The highest BCUT2D eigenvalue weighted by molar-refractivity contribution is 7.92. The van der Waals surface area contributed by atoms with Gasteiger partial charge in [0.15, 0.2) is 0 Å². The van der Waals surface area contributed by atoms with Crippen molar-refractivity contribution in [2.24, 2.45) is 0 Å². The minimum Gasteiger partial charge on any atom is -0.319 e. The van der Waals surface area contributed by atoms with Crippen LogP contribution < -0.4 is 9.62 Å². The van der Waals surface area contributed by atoms with Crippen LogP contribution in [0.25, 0.3) is 0 Å². The molecule has 3 aromatic carbocycles. The van der Waals surface area contributed by atoms with Gasteiger partial charge in [-0.2, -0.15) is 0 Å². The lowest BCUT2D eigenvalue weighted by Gasteiger charge is -2.22. The fourth-order valence-corrected chi connectivity index (χ4v) is 3.60. The molecule has 0 aliphatic rings. The smallest absolute Gasteiger partial charge is 0.255 e. The van der Waals surface area contributed by atoms with Crippen LogP contribution in [0.5, 0.6) is 0 Å². The van der Waals surface area contributed by atoms with Gasteiger partial charge in [-0.1, -0.05) is 30.3 Å². The SMILES string of the molecule is CS(=O)(=O)N(Cc1ccccc1)c1ccc(C(=O)Nc2ccc(F)cc2F)cc1. The maximum Gasteiger partial charge on any atom is 0.255 e. The minimum absolute atomic E-state index is 0.145. The van der Waals surface area contributed by atoms with Gasteiger partial charge >= 0.3 is 0 Å². The Balaban J connectivity index is 1.80. The second kappa shape index (κ2) is 8.40. The summed E-state index contributed by atoms with van der Waals surface area (Å²) < 4.78 is 52.4. The third-order valence-corrected chi connectivity index (χ3v) is 5.31. The average Bonchev–Trinajstić information content (AvgIpc) is 2.68. The zero-order chi connectivity index (χ0) is 21.0. The van der Waals surface area contributed by atoms with Gasteiger partial charge in [-0.3, -0.25) is 9.10 Å². The quantitative estimate of drug-likeness (QED) is 0.656. The van der Waals surface area contributed by atoms with E-state index >= 15 is 0 Å². The van der Waals surface area contributed by atoms with Crippen LogP contribution in [0, 0.1) is 11.6 Å². The van der Waals surface area contributed by atoms with Crippen molar-refractivity contribution in [2.75, 3.05) is 15.9 Å². The molecule has 1 amide bonds. The van der Waals surface area contributed by atoms with Crippen LogP contribution in [0.1, 0.15) is 15.9 Å². The van der Waals surface area contributed by atoms with Crippen molar-refractivity contribution in [3.63, 3.8) is 0 Å². The first-order chi connectivity index (χ1) is 13.7. The summed E-state index contributed by atoms with van der Waals surface area (Å²) in [5, 5.41) is 2.36. The summed E-state index contributed by atoms with van der Waals surface area (Å²) in [6.45, 7) is 0.145. The van der Waals surface area contributed by atoms with Crippen LogP contribution >= 0.6 is 0 Å². The average molecular weight is 416 g/mol. The van der Waals surface area contributed by atoms with Crippen LogP contribution in [-0.2, 0) is 16.6 Å². The van der Waals surface area contributed by atoms with E-state index in [-0.39, 0.29) is 17.8 Å². The van der Waals surface area contributed by atoms with E-state index in [2.05, 4.69) is 5.32 Å². The molecule has 0 aromatic heterocycles. The molecule has 0 radical (unpaired) electrons. The van der Waals surface area contributed by atoms with Crippen molar-refractivity contribution < 1.29 is 22.0 Å². The number of nitrogens with zero attached hydrogens (tertiary/aromatic N) is 1. The van der Waals surface area contributed by atoms with E-state index < -0.39 is 27.6 Å². The van der Waals surface area contributed by atoms with Gasteiger partial charge in [0.1, 0.15) is 11.6 Å². The summed E-state index contributed by atoms with van der Waals surface area (Å²) in [5.74, 6) is -2.23. The molecular formula is C21H18F2N2O3S. The molecule has 0 aliphatic heterocycles. The lowest BCUT2D eigenvalue weighted by molar-refractivity contribution is 0.102. The second-order valence-electron chi connectivity index (χ2n) is 6.38. The third-order valence-electron chi connectivity index (χ3n) is 4.17. The van der Waals surface area contributed by atoms with E-state index in [1.807, 2.05) is 30.3 Å². The van der Waals surface area contributed by atoms with Crippen molar-refractivity contribution in [1.82, 2.24) is 0 Å². The van der Waals surface area contributed by atoms with Crippen molar-refractivity contribution in [1.29, 1.82) is 0 Å². The molecule has 29 heavy (non-hydrogen) atoms. The largest absolute Gasteiger partial charge is 0.319 e. The minimum atomic E-state index is -3.56. The van der Waals surface area contributed by atoms with Crippen molar-refractivity contribution in [2.45, 2.75) is 6.54 Å². The van der Waals surface area contributed by atoms with Crippen LogP contribution in [0.4, 0.5) is 20.2 Å². The highest BCUT2D eigenvalue weighted by atomic mass is 32.2. The monoisotopic (exact) mass is 416 g/mol. The Morgan fingerprint density at radius 3 is 2.21 bits per heavy atom. The molecule has 0 fully saturated rings. The standard InChI is InChI=1S/C21H18F2N2O3S/c1-29(27,28)25(14-15-5-3-2-4-6-15)18-10-7-16(8-11-18)21(26)24-20-12-9-17(22)13-19(20)23/h2-13H,14H2,1H3,(H,24,26). The van der Waals surface area contributed by atoms with Gasteiger partial charge in [0.05, 0.1) is 24.2 Å². The van der Waals surface area contributed by atoms with Crippen LogP contribution in [0.3, 0.4) is 0 Å². The van der Waals surface area contributed by atoms with E-state index in [4.69, 9.17) is 0 Å². The first-order valence-electron chi connectivity index (χ1n) is 8.62. The van der Waals surface area contributed by atoms with Crippen molar-refractivity contribution >= 4 is 27.3 Å². The van der Waals surface area contributed by atoms with Gasteiger partial charge in [0.25, 0.3) is 5.91 Å². The summed E-state index contributed by atoms with van der Waals surface area (Å²) in [7, 11) is -3.56. The summed E-state index contributed by atoms with van der Waals surface area (Å²) in [5.41, 5.74) is 1.25. The molecule has 150 valence electrons. The normalized spacial score (nSPS) is 11.1. The van der Waals surface area contributed by atoms with E-state index in [0.717, 1.165) is 24.0 Å². The van der Waals surface area contributed by atoms with Gasteiger partial charge in [-0.15, -0.1) is 0 Å². The van der Waals surface area contributed by atoms with Crippen LogP contribution in [-0.4, -0.2) is 20.6 Å². The van der Waals surface area contributed by atoms with E-state index in [0.29, 0.717) is 11.8 Å². The summed E-state index contributed by atoms with van der Waals surface area (Å²) in [6, 6.07) is 17.8. The molecule has 0 heterocycles. The molecule has 0 atom stereocenters. The third kappa shape index (κ3) is 5.17. The van der Waals surface area contributed by atoms with E-state index in [1.165, 1.54) is 28.6 Å². The predicted octanol–water partition coefficient (Wildman–Crippen LogP) is 4.18. The number of halogens is 2. The Labute approximate surface area is 167 Å². The van der Waals surface area contributed by atoms with Crippen LogP contribution in [0.2, 0.25) is 0 Å². The van der Waals surface area contributed by atoms with E-state index in [1.54, 1.807) is 0 Å². The van der Waals surface area contributed by atoms with Crippen molar-refractivity contribution in [3.8, 4) is 0 Å². The number of benzene rings is 3. The van der Waals surface area contributed by atoms with E-state index in [9.17, 15) is 22.0 Å². The number of carbonyl (C=O) groups is 1. The van der Waals surface area contributed by atoms with Crippen molar-refractivity contribution in [3.05, 3.63) is 95.6 Å². The highest BCUT2D eigenvalue weighted by Gasteiger charge is 2.18. The predicted molar refractivity (Wildman–Crippen MR) is 108 cm³/mol. The zero-order valence-corrected chi connectivity index (χ0v) is 16.3. The van der Waals surface area contributed by atoms with Gasteiger partial charge in [-0.25, -0.2) is 17.2 Å². The van der Waals surface area contributed by atoms with Gasteiger partial charge in [0, 0.05) is 11.6 Å². The van der Waals surface area contributed by atoms with Gasteiger partial charge in [0.2, 0.25) is 10.0 Å². The Bertz CT molecular complexity index is 1120. The molecule has 0 aliphatic carbocycles. The maximum absolute atomic E-state index is 13.7. The number of anilines is 2. The first kappa shape index (κ1) is 20.5. The lowest BCUT2D eigenvalue weighted by atomic mass is 10.1. The summed E-state index contributed by atoms with van der Waals surface area (Å²) >= 11 is 0. The fourth-order valence-electron chi connectivity index (χ4n) is 2.71. The number of carbonyl (C=O) groups excluding carboxylic acids is 1. The lowest BCUT2D eigenvalue weighted by Crippen LogP contribution is -2.29. The number of amides is 1. The molecule has 0 saturated carbocycles. The molecule has 0 unspecified atom stereocenters. The summed E-state index contributed by atoms with van der Waals surface area (Å²) in [4.78, 5) is 12.3. The molecule has 8 heteroatoms. The fraction of sp³-hybridized carbons (Fsp3) is 0.0952. The number of hydrogen-bond acceptors (Lipinski definition) is 3. The zero-order valence-electron chi connectivity index (χ0n) is 15.5. The first-order valence-corrected chi connectivity index (χ1v) is 10.5. The van der Waals surface area contributed by atoms with Gasteiger partial charge in [-0.05, 0) is 42.0 Å². The molecular weight excluding hydrogens is 398 g/mol. The number of nitrogens with one attached hydrogen (secondary N) is 1. The Morgan fingerprint density at radius 1 is 0.966 bits per heavy atom. The Morgan fingerprint density at radius 2 is 1.62 bits per heavy atom. The topological polar surface area (TPSA) is 66.5 Å². The Hall–Kier alpha value is -3.26. The summed E-state index contributed by atoms with van der Waals surface area (Å²) in [6.07, 6.45) is 1.11. The molecule has 3 aromatic rings. The van der Waals surface area contributed by atoms with Crippen LogP contribution in [0.15, 0.2) is 72.8 Å². The maximum atomic E-state index is 13.7. The molecule has 0 bridgehead atoms. The molecule has 1 N–H and O–H groups in total. The Kier molecular flexibility index (Phi) is 5.93. The molecule has 3 rings (SSSR count).